The van der Waals surface area contributed by atoms with Crippen LogP contribution in [0, 0.1) is 0 Å². The first-order chi connectivity index (χ1) is 5.54. The first-order valence-corrected chi connectivity index (χ1v) is 5.08. The summed E-state index contributed by atoms with van der Waals surface area (Å²) in [5, 5.41) is -0.0203. The van der Waals surface area contributed by atoms with Gasteiger partial charge in [0, 0.05) is 6.26 Å². The van der Waals surface area contributed by atoms with Crippen molar-refractivity contribution in [1.29, 1.82) is 0 Å². The molecule has 0 spiro atoms. The molecule has 1 aromatic rings. The Labute approximate surface area is 70.9 Å². The normalized spacial score (nSPS) is 11.1. The van der Waals surface area contributed by atoms with Crippen molar-refractivity contribution in [3.8, 4) is 0 Å². The summed E-state index contributed by atoms with van der Waals surface area (Å²) >= 11 is 0. The highest BCUT2D eigenvalue weighted by Crippen LogP contribution is 2.02. The second-order valence-corrected chi connectivity index (χ2v) is 4.22. The van der Waals surface area contributed by atoms with Crippen molar-refractivity contribution in [3.63, 3.8) is 0 Å². The van der Waals surface area contributed by atoms with E-state index in [9.17, 15) is 8.42 Å². The van der Waals surface area contributed by atoms with Gasteiger partial charge < -0.3 is 0 Å². The number of aromatic nitrogens is 2. The van der Waals surface area contributed by atoms with Gasteiger partial charge in [-0.3, -0.25) is 4.98 Å². The molecule has 0 N–H and O–H groups in total. The molecule has 0 unspecified atom stereocenters. The van der Waals surface area contributed by atoms with Gasteiger partial charge in [0.1, 0.15) is 0 Å². The lowest BCUT2D eigenvalue weighted by Crippen LogP contribution is -2.01. The minimum atomic E-state index is -3.24. The van der Waals surface area contributed by atoms with Crippen molar-refractivity contribution in [2.24, 2.45) is 0 Å². The minimum Gasteiger partial charge on any atom is -0.252 e. The van der Waals surface area contributed by atoms with Gasteiger partial charge in [-0.2, -0.15) is 0 Å². The Morgan fingerprint density at radius 3 is 2.42 bits per heavy atom. The predicted octanol–water partition coefficient (Wildman–Crippen LogP) is 0.523. The minimum absolute atomic E-state index is 0.0203. The Hall–Kier alpha value is -1.23. The van der Waals surface area contributed by atoms with Gasteiger partial charge in [-0.05, 0) is 6.08 Å². The van der Waals surface area contributed by atoms with E-state index in [4.69, 9.17) is 0 Å². The molecular weight excluding hydrogens is 176 g/mol. The van der Waals surface area contributed by atoms with Crippen LogP contribution in [-0.2, 0) is 9.84 Å². The molecule has 0 aliphatic heterocycles. The van der Waals surface area contributed by atoms with E-state index < -0.39 is 9.84 Å². The SMILES string of the molecule is C=Cc1cnc(S(C)(=O)=O)cn1. The van der Waals surface area contributed by atoms with E-state index in [0.717, 1.165) is 6.26 Å². The van der Waals surface area contributed by atoms with Gasteiger partial charge in [-0.25, -0.2) is 13.4 Å². The van der Waals surface area contributed by atoms with Crippen LogP contribution in [0.4, 0.5) is 0 Å². The molecule has 0 radical (unpaired) electrons. The Kier molecular flexibility index (Phi) is 2.23. The fraction of sp³-hybridized carbons (Fsp3) is 0.143. The van der Waals surface area contributed by atoms with Crippen LogP contribution in [0.15, 0.2) is 24.0 Å². The molecule has 0 amide bonds. The summed E-state index contributed by atoms with van der Waals surface area (Å²) in [6.45, 7) is 3.47. The quantitative estimate of drug-likeness (QED) is 0.672. The summed E-state index contributed by atoms with van der Waals surface area (Å²) in [6, 6.07) is 0. The Morgan fingerprint density at radius 1 is 1.42 bits per heavy atom. The Morgan fingerprint density at radius 2 is 2.08 bits per heavy atom. The third-order valence-corrected chi connectivity index (χ3v) is 2.21. The summed E-state index contributed by atoms with van der Waals surface area (Å²) in [5.41, 5.74) is 0.558. The number of hydrogen-bond acceptors (Lipinski definition) is 4. The van der Waals surface area contributed by atoms with E-state index in [-0.39, 0.29) is 5.03 Å². The maximum absolute atomic E-state index is 10.9. The summed E-state index contributed by atoms with van der Waals surface area (Å²) < 4.78 is 21.8. The molecule has 0 atom stereocenters. The fourth-order valence-corrected chi connectivity index (χ4v) is 1.11. The molecule has 1 aromatic heterocycles. The number of nitrogens with zero attached hydrogens (tertiary/aromatic N) is 2. The Balaban J connectivity index is 3.17. The van der Waals surface area contributed by atoms with Crippen LogP contribution in [0.25, 0.3) is 6.08 Å². The lowest BCUT2D eigenvalue weighted by Gasteiger charge is -1.95. The van der Waals surface area contributed by atoms with E-state index in [2.05, 4.69) is 16.5 Å². The number of hydrogen-bond donors (Lipinski definition) is 0. The lowest BCUT2D eigenvalue weighted by molar-refractivity contribution is 0.597. The van der Waals surface area contributed by atoms with Gasteiger partial charge in [-0.1, -0.05) is 6.58 Å². The second kappa shape index (κ2) is 3.02. The van der Waals surface area contributed by atoms with Crippen molar-refractivity contribution in [3.05, 3.63) is 24.7 Å². The molecule has 1 rings (SSSR count). The van der Waals surface area contributed by atoms with Gasteiger partial charge in [0.15, 0.2) is 14.9 Å². The average molecular weight is 184 g/mol. The van der Waals surface area contributed by atoms with E-state index in [0.29, 0.717) is 5.69 Å². The summed E-state index contributed by atoms with van der Waals surface area (Å²) in [6.07, 6.45) is 5.17. The smallest absolute Gasteiger partial charge is 0.194 e. The van der Waals surface area contributed by atoms with Crippen molar-refractivity contribution < 1.29 is 8.42 Å². The zero-order chi connectivity index (χ0) is 9.19. The summed E-state index contributed by atoms with van der Waals surface area (Å²) in [5.74, 6) is 0. The number of sulfone groups is 1. The van der Waals surface area contributed by atoms with Gasteiger partial charge in [0.2, 0.25) is 0 Å². The fourth-order valence-electron chi connectivity index (χ4n) is 0.623. The van der Waals surface area contributed by atoms with Crippen molar-refractivity contribution in [2.75, 3.05) is 6.26 Å². The van der Waals surface area contributed by atoms with Crippen LogP contribution in [0.5, 0.6) is 0 Å². The van der Waals surface area contributed by atoms with Gasteiger partial charge in [0.25, 0.3) is 0 Å². The molecular formula is C7H8N2O2S. The van der Waals surface area contributed by atoms with Crippen molar-refractivity contribution >= 4 is 15.9 Å². The van der Waals surface area contributed by atoms with Gasteiger partial charge in [-0.15, -0.1) is 0 Å². The van der Waals surface area contributed by atoms with Crippen molar-refractivity contribution in [1.82, 2.24) is 9.97 Å². The molecule has 0 saturated carbocycles. The van der Waals surface area contributed by atoms with Crippen LogP contribution in [0.3, 0.4) is 0 Å². The highest BCUT2D eigenvalue weighted by Gasteiger charge is 2.07. The zero-order valence-corrected chi connectivity index (χ0v) is 7.37. The van der Waals surface area contributed by atoms with E-state index in [1.165, 1.54) is 18.5 Å². The van der Waals surface area contributed by atoms with E-state index in [1.54, 1.807) is 0 Å². The largest absolute Gasteiger partial charge is 0.252 e. The predicted molar refractivity (Wildman–Crippen MR) is 45.2 cm³/mol. The molecule has 0 aliphatic rings. The first-order valence-electron chi connectivity index (χ1n) is 3.18. The Bertz CT molecular complexity index is 380. The molecule has 0 aromatic carbocycles. The number of rotatable bonds is 2. The zero-order valence-electron chi connectivity index (χ0n) is 6.56. The second-order valence-electron chi connectivity index (χ2n) is 2.26. The van der Waals surface area contributed by atoms with Crippen LogP contribution >= 0.6 is 0 Å². The summed E-state index contributed by atoms with van der Waals surface area (Å²) in [7, 11) is -3.24. The van der Waals surface area contributed by atoms with Gasteiger partial charge >= 0.3 is 0 Å². The lowest BCUT2D eigenvalue weighted by atomic mass is 10.4. The van der Waals surface area contributed by atoms with Crippen molar-refractivity contribution in [2.45, 2.75) is 5.03 Å². The van der Waals surface area contributed by atoms with Gasteiger partial charge in [0.05, 0.1) is 18.1 Å². The first kappa shape index (κ1) is 8.86. The highest BCUT2D eigenvalue weighted by molar-refractivity contribution is 7.90. The molecule has 1 heterocycles. The molecule has 0 saturated heterocycles. The van der Waals surface area contributed by atoms with Crippen LogP contribution < -0.4 is 0 Å². The maximum Gasteiger partial charge on any atom is 0.194 e. The molecule has 4 nitrogen and oxygen atoms in total. The third-order valence-electron chi connectivity index (χ3n) is 1.24. The molecule has 0 aliphatic carbocycles. The highest BCUT2D eigenvalue weighted by atomic mass is 32.2. The molecule has 0 fully saturated rings. The molecule has 0 bridgehead atoms. The molecule has 64 valence electrons. The molecule has 5 heteroatoms. The maximum atomic E-state index is 10.9. The van der Waals surface area contributed by atoms with E-state index in [1.807, 2.05) is 0 Å². The van der Waals surface area contributed by atoms with Crippen LogP contribution in [0.1, 0.15) is 5.69 Å². The third kappa shape index (κ3) is 1.88. The molecule has 12 heavy (non-hydrogen) atoms. The van der Waals surface area contributed by atoms with Crippen LogP contribution in [-0.4, -0.2) is 24.6 Å². The topological polar surface area (TPSA) is 59.9 Å². The summed E-state index contributed by atoms with van der Waals surface area (Å²) in [4.78, 5) is 7.50. The average Bonchev–Trinajstić information content (AvgIpc) is 2.03. The monoisotopic (exact) mass is 184 g/mol. The van der Waals surface area contributed by atoms with Crippen LogP contribution in [0.2, 0.25) is 0 Å². The van der Waals surface area contributed by atoms with E-state index >= 15 is 0 Å². The standard InChI is InChI=1S/C7H8N2O2S/c1-3-6-4-9-7(5-8-6)12(2,10)11/h3-5H,1H2,2H3.